The van der Waals surface area contributed by atoms with E-state index in [9.17, 15) is 18.3 Å². The normalized spacial score (nSPS) is 15.2. The Morgan fingerprint density at radius 3 is 2.35 bits per heavy atom. The highest BCUT2D eigenvalue weighted by molar-refractivity contribution is 7.92. The van der Waals surface area contributed by atoms with Crippen molar-refractivity contribution in [1.29, 1.82) is 0 Å². The Labute approximate surface area is 217 Å². The van der Waals surface area contributed by atoms with Crippen LogP contribution in [0.15, 0.2) is 53.4 Å². The van der Waals surface area contributed by atoms with Crippen LogP contribution < -0.4 is 15.8 Å². The molecule has 0 bridgehead atoms. The molecule has 0 radical (unpaired) electrons. The fourth-order valence-corrected chi connectivity index (χ4v) is 5.93. The van der Waals surface area contributed by atoms with Crippen LogP contribution in [0, 0.1) is 19.3 Å². The van der Waals surface area contributed by atoms with Gasteiger partial charge in [-0.1, -0.05) is 43.5 Å². The molecule has 0 spiro atoms. The Morgan fingerprint density at radius 1 is 1.03 bits per heavy atom. The number of rotatable bonds is 9. The lowest BCUT2D eigenvalue weighted by atomic mass is 9.74. The maximum absolute atomic E-state index is 13.2. The molecular weight excluding hydrogens is 490 g/mol. The molecule has 1 aliphatic rings. The quantitative estimate of drug-likeness (QED) is 0.319. The fraction of sp³-hybridized carbons (Fsp3) is 0.370. The van der Waals surface area contributed by atoms with Gasteiger partial charge in [0.2, 0.25) is 5.95 Å². The van der Waals surface area contributed by atoms with Gasteiger partial charge in [-0.05, 0) is 68.0 Å². The SMILES string of the molecule is Cc1cccc(C)c1-c1cc(NCC2(CN)CCCCC2)nc(NS(=O)(=O)c2cccc(C(=O)O)c2)n1. The third-order valence-electron chi connectivity index (χ3n) is 7.07. The summed E-state index contributed by atoms with van der Waals surface area (Å²) >= 11 is 0. The molecule has 0 amide bonds. The minimum absolute atomic E-state index is 0.0289. The van der Waals surface area contributed by atoms with E-state index < -0.39 is 16.0 Å². The van der Waals surface area contributed by atoms with Gasteiger partial charge >= 0.3 is 5.97 Å². The molecule has 4 rings (SSSR count). The first-order chi connectivity index (χ1) is 17.6. The van der Waals surface area contributed by atoms with E-state index in [-0.39, 0.29) is 21.8 Å². The molecule has 0 saturated heterocycles. The molecule has 10 heteroatoms. The number of hydrogen-bond donors (Lipinski definition) is 4. The summed E-state index contributed by atoms with van der Waals surface area (Å²) < 4.78 is 28.7. The number of benzene rings is 2. The minimum Gasteiger partial charge on any atom is -0.478 e. The highest BCUT2D eigenvalue weighted by Gasteiger charge is 2.30. The maximum atomic E-state index is 13.2. The van der Waals surface area contributed by atoms with Crippen molar-refractivity contribution in [3.8, 4) is 11.3 Å². The van der Waals surface area contributed by atoms with E-state index in [0.29, 0.717) is 24.6 Å². The number of aromatic nitrogens is 2. The number of carboxylic acids is 1. The Balaban J connectivity index is 1.72. The number of anilines is 2. The van der Waals surface area contributed by atoms with E-state index in [2.05, 4.69) is 20.0 Å². The van der Waals surface area contributed by atoms with Crippen LogP contribution in [0.25, 0.3) is 11.3 Å². The summed E-state index contributed by atoms with van der Waals surface area (Å²) in [5.74, 6) is -0.829. The smallest absolute Gasteiger partial charge is 0.335 e. The van der Waals surface area contributed by atoms with Crippen molar-refractivity contribution in [2.75, 3.05) is 23.1 Å². The molecule has 1 aromatic heterocycles. The van der Waals surface area contributed by atoms with E-state index in [4.69, 9.17) is 5.73 Å². The molecule has 0 unspecified atom stereocenters. The third kappa shape index (κ3) is 6.08. The predicted octanol–water partition coefficient (Wildman–Crippen LogP) is 4.58. The van der Waals surface area contributed by atoms with Crippen molar-refractivity contribution < 1.29 is 18.3 Å². The van der Waals surface area contributed by atoms with Crippen LogP contribution in [0.2, 0.25) is 0 Å². The highest BCUT2D eigenvalue weighted by atomic mass is 32.2. The average Bonchev–Trinajstić information content (AvgIpc) is 2.88. The molecule has 0 aliphatic heterocycles. The number of sulfonamides is 1. The topological polar surface area (TPSA) is 147 Å². The van der Waals surface area contributed by atoms with Gasteiger partial charge in [-0.2, -0.15) is 4.98 Å². The Bertz CT molecular complexity index is 1380. The summed E-state index contributed by atoms with van der Waals surface area (Å²) in [5, 5.41) is 12.7. The summed E-state index contributed by atoms with van der Waals surface area (Å²) in [4.78, 5) is 20.2. The first-order valence-electron chi connectivity index (χ1n) is 12.4. The van der Waals surface area contributed by atoms with Crippen molar-refractivity contribution in [3.05, 3.63) is 65.2 Å². The monoisotopic (exact) mass is 523 g/mol. The molecule has 196 valence electrons. The minimum atomic E-state index is -4.14. The summed E-state index contributed by atoms with van der Waals surface area (Å²) in [5.41, 5.74) is 9.48. The molecule has 1 saturated carbocycles. The highest BCUT2D eigenvalue weighted by Crippen LogP contribution is 2.36. The number of carboxylic acid groups (broad SMARTS) is 1. The lowest BCUT2D eigenvalue weighted by molar-refractivity contribution is 0.0696. The van der Waals surface area contributed by atoms with Crippen LogP contribution in [-0.2, 0) is 10.0 Å². The van der Waals surface area contributed by atoms with E-state index >= 15 is 0 Å². The van der Waals surface area contributed by atoms with E-state index in [1.807, 2.05) is 38.1 Å². The van der Waals surface area contributed by atoms with Gasteiger partial charge in [-0.15, -0.1) is 0 Å². The molecule has 37 heavy (non-hydrogen) atoms. The zero-order chi connectivity index (χ0) is 26.6. The lowest BCUT2D eigenvalue weighted by Gasteiger charge is -2.36. The summed E-state index contributed by atoms with van der Waals surface area (Å²) in [6.45, 7) is 5.14. The molecule has 1 fully saturated rings. The van der Waals surface area contributed by atoms with Crippen LogP contribution in [-0.4, -0.2) is 42.6 Å². The first kappa shape index (κ1) is 26.6. The first-order valence-corrected chi connectivity index (χ1v) is 13.9. The zero-order valence-electron chi connectivity index (χ0n) is 21.1. The van der Waals surface area contributed by atoms with Crippen LogP contribution in [0.1, 0.15) is 53.6 Å². The number of aromatic carboxylic acids is 1. The van der Waals surface area contributed by atoms with Gasteiger partial charge in [-0.3, -0.25) is 0 Å². The van der Waals surface area contributed by atoms with Gasteiger partial charge in [0.05, 0.1) is 16.2 Å². The molecule has 2 aromatic carbocycles. The summed E-state index contributed by atoms with van der Waals surface area (Å²) in [6.07, 6.45) is 5.55. The van der Waals surface area contributed by atoms with Crippen LogP contribution in [0.3, 0.4) is 0 Å². The summed E-state index contributed by atoms with van der Waals surface area (Å²) in [7, 11) is -4.14. The number of nitrogens with two attached hydrogens (primary N) is 1. The fourth-order valence-electron chi connectivity index (χ4n) is 4.94. The van der Waals surface area contributed by atoms with Crippen LogP contribution in [0.5, 0.6) is 0 Å². The number of aryl methyl sites for hydroxylation is 2. The zero-order valence-corrected chi connectivity index (χ0v) is 21.9. The molecule has 1 aliphatic carbocycles. The Morgan fingerprint density at radius 2 is 1.70 bits per heavy atom. The molecule has 3 aromatic rings. The second-order valence-electron chi connectivity index (χ2n) is 9.79. The Hall–Kier alpha value is -3.50. The molecule has 5 N–H and O–H groups in total. The van der Waals surface area contributed by atoms with Gasteiger partial charge in [0.1, 0.15) is 5.82 Å². The second-order valence-corrected chi connectivity index (χ2v) is 11.5. The largest absolute Gasteiger partial charge is 0.478 e. The van der Waals surface area contributed by atoms with Gasteiger partial charge in [0.25, 0.3) is 10.0 Å². The lowest BCUT2D eigenvalue weighted by Crippen LogP contribution is -2.39. The number of nitrogens with zero attached hydrogens (tertiary/aromatic N) is 2. The standard InChI is InChI=1S/C27H33N5O4S/c1-18-8-6-9-19(2)24(18)22-15-23(29-17-27(16-28)12-4-3-5-13-27)31-26(30-22)32-37(35,36)21-11-7-10-20(14-21)25(33)34/h6-11,14-15H,3-5,12-13,16-17,28H2,1-2H3,(H,33,34)(H2,29,30,31,32). The maximum Gasteiger partial charge on any atom is 0.335 e. The van der Waals surface area contributed by atoms with Gasteiger partial charge in [-0.25, -0.2) is 22.9 Å². The van der Waals surface area contributed by atoms with E-state index in [0.717, 1.165) is 48.4 Å². The van der Waals surface area contributed by atoms with Crippen LogP contribution >= 0.6 is 0 Å². The third-order valence-corrected chi connectivity index (χ3v) is 8.40. The number of hydrogen-bond acceptors (Lipinski definition) is 7. The van der Waals surface area contributed by atoms with Crippen molar-refractivity contribution in [2.45, 2.75) is 50.8 Å². The van der Waals surface area contributed by atoms with Gasteiger partial charge in [0, 0.05) is 18.2 Å². The number of nitrogens with one attached hydrogen (secondary N) is 2. The molecule has 0 atom stereocenters. The van der Waals surface area contributed by atoms with E-state index in [1.54, 1.807) is 0 Å². The van der Waals surface area contributed by atoms with Crippen molar-refractivity contribution in [1.82, 2.24) is 9.97 Å². The Kier molecular flexibility index (Phi) is 7.79. The van der Waals surface area contributed by atoms with Gasteiger partial charge < -0.3 is 16.2 Å². The van der Waals surface area contributed by atoms with Gasteiger partial charge in [0.15, 0.2) is 0 Å². The molecular formula is C27H33N5O4S. The second kappa shape index (κ2) is 10.9. The van der Waals surface area contributed by atoms with Crippen molar-refractivity contribution >= 4 is 27.8 Å². The summed E-state index contributed by atoms with van der Waals surface area (Å²) in [6, 6.07) is 12.9. The van der Waals surface area contributed by atoms with Crippen molar-refractivity contribution in [2.24, 2.45) is 11.1 Å². The van der Waals surface area contributed by atoms with Crippen molar-refractivity contribution in [3.63, 3.8) is 0 Å². The predicted molar refractivity (Wildman–Crippen MR) is 144 cm³/mol. The number of carbonyl (C=O) groups is 1. The molecule has 9 nitrogen and oxygen atoms in total. The van der Waals surface area contributed by atoms with Crippen LogP contribution in [0.4, 0.5) is 11.8 Å². The average molecular weight is 524 g/mol. The molecule has 1 heterocycles. The van der Waals surface area contributed by atoms with E-state index in [1.165, 1.54) is 24.6 Å².